The molecule has 0 aliphatic carbocycles. The standard InChI is InChI=1S/C40H34Cl2N2O6/c1-23(45)49-35-17-33-39(31-12-5-3-10-29(31)35)27(19-41)21-43(33)37(47)15-25-8-7-9-26(14-25)16-38(48)44-22-28(20-42)40-32-13-6-4-11-30(32)36(18-34(40)44)50-24(2)46/h3-14,17-18,27-28H,15-16,19-22H2,1-2H3. The summed E-state index contributed by atoms with van der Waals surface area (Å²) in [4.78, 5) is 55.2. The summed E-state index contributed by atoms with van der Waals surface area (Å²) in [5.41, 5.74) is 4.82. The Kier molecular flexibility index (Phi) is 9.24. The lowest BCUT2D eigenvalue weighted by molar-refractivity contribution is -0.132. The number of hydrogen-bond acceptors (Lipinski definition) is 6. The third-order valence-electron chi connectivity index (χ3n) is 9.44. The van der Waals surface area contributed by atoms with Crippen LogP contribution in [-0.4, -0.2) is 48.6 Å². The number of carbonyl (C=O) groups excluding carboxylic acids is 4. The van der Waals surface area contributed by atoms with E-state index in [-0.39, 0.29) is 36.5 Å². The number of fused-ring (bicyclic) bond motifs is 6. The Balaban J connectivity index is 1.14. The summed E-state index contributed by atoms with van der Waals surface area (Å²) < 4.78 is 11.1. The number of benzene rings is 5. The number of ether oxygens (including phenoxy) is 2. The van der Waals surface area contributed by atoms with E-state index in [1.54, 1.807) is 21.9 Å². The highest BCUT2D eigenvalue weighted by atomic mass is 35.5. The minimum atomic E-state index is -0.444. The van der Waals surface area contributed by atoms with Gasteiger partial charge in [-0.3, -0.25) is 19.2 Å². The maximum atomic E-state index is 13.9. The maximum absolute atomic E-state index is 13.9. The molecule has 0 spiro atoms. The van der Waals surface area contributed by atoms with Gasteiger partial charge >= 0.3 is 11.9 Å². The minimum absolute atomic E-state index is 0.0884. The second-order valence-corrected chi connectivity index (χ2v) is 13.4. The largest absolute Gasteiger partial charge is 0.426 e. The molecule has 0 saturated carbocycles. The predicted molar refractivity (Wildman–Crippen MR) is 196 cm³/mol. The van der Waals surface area contributed by atoms with Gasteiger partial charge in [-0.05, 0) is 33.0 Å². The highest BCUT2D eigenvalue weighted by molar-refractivity contribution is 6.19. The normalized spacial score (nSPS) is 16.4. The molecule has 254 valence electrons. The summed E-state index contributed by atoms with van der Waals surface area (Å²) in [6, 6.07) is 26.3. The van der Waals surface area contributed by atoms with E-state index in [1.807, 2.05) is 72.8 Å². The van der Waals surface area contributed by atoms with Gasteiger partial charge in [0.25, 0.3) is 0 Å². The third-order valence-corrected chi connectivity index (χ3v) is 10.2. The van der Waals surface area contributed by atoms with Crippen LogP contribution in [0.25, 0.3) is 21.5 Å². The average molecular weight is 710 g/mol. The number of nitrogens with zero attached hydrogens (tertiary/aromatic N) is 2. The van der Waals surface area contributed by atoms with Gasteiger partial charge in [0, 0.05) is 73.4 Å². The first-order valence-electron chi connectivity index (χ1n) is 16.4. The second kappa shape index (κ2) is 13.8. The lowest BCUT2D eigenvalue weighted by Gasteiger charge is -2.20. The molecule has 2 amide bonds. The van der Waals surface area contributed by atoms with Crippen molar-refractivity contribution in [3.05, 3.63) is 107 Å². The SMILES string of the molecule is CC(=O)Oc1cc2c(c3ccccc13)C(CCl)CN2C(=O)Cc1cccc(CC(=O)N2CC(CCl)c3c2cc(OC(C)=O)c2ccccc32)c1. The van der Waals surface area contributed by atoms with Crippen LogP contribution in [0, 0.1) is 0 Å². The van der Waals surface area contributed by atoms with Crippen LogP contribution in [0.4, 0.5) is 11.4 Å². The lowest BCUT2D eigenvalue weighted by atomic mass is 9.95. The monoisotopic (exact) mass is 708 g/mol. The number of alkyl halides is 2. The van der Waals surface area contributed by atoms with Gasteiger partial charge in [-0.15, -0.1) is 23.2 Å². The molecule has 0 radical (unpaired) electrons. The van der Waals surface area contributed by atoms with Crippen LogP contribution < -0.4 is 19.3 Å². The Morgan fingerprint density at radius 2 is 1.00 bits per heavy atom. The number of halogens is 2. The van der Waals surface area contributed by atoms with E-state index < -0.39 is 11.9 Å². The molecule has 50 heavy (non-hydrogen) atoms. The molecule has 10 heteroatoms. The molecule has 2 atom stereocenters. The molecule has 0 N–H and O–H groups in total. The van der Waals surface area contributed by atoms with Crippen molar-refractivity contribution in [2.45, 2.75) is 38.5 Å². The van der Waals surface area contributed by atoms with Gasteiger partial charge in [0.15, 0.2) is 0 Å². The quantitative estimate of drug-likeness (QED) is 0.0934. The summed E-state index contributed by atoms with van der Waals surface area (Å²) in [5.74, 6) is 0.122. The zero-order valence-electron chi connectivity index (χ0n) is 27.6. The summed E-state index contributed by atoms with van der Waals surface area (Å²) in [5, 5.41) is 3.38. The molecular formula is C40H34Cl2N2O6. The van der Waals surface area contributed by atoms with Gasteiger partial charge in [-0.25, -0.2) is 0 Å². The highest BCUT2D eigenvalue weighted by Crippen LogP contribution is 2.47. The lowest BCUT2D eigenvalue weighted by Crippen LogP contribution is -2.32. The van der Waals surface area contributed by atoms with Crippen molar-refractivity contribution in [2.24, 2.45) is 0 Å². The molecule has 2 unspecified atom stereocenters. The van der Waals surface area contributed by atoms with Gasteiger partial charge < -0.3 is 19.3 Å². The second-order valence-electron chi connectivity index (χ2n) is 12.8. The van der Waals surface area contributed by atoms with Crippen molar-refractivity contribution >= 4 is 79.9 Å². The summed E-state index contributed by atoms with van der Waals surface area (Å²) in [7, 11) is 0. The fourth-order valence-electron chi connectivity index (χ4n) is 7.42. The van der Waals surface area contributed by atoms with Crippen LogP contribution in [0.15, 0.2) is 84.9 Å². The van der Waals surface area contributed by atoms with Crippen molar-refractivity contribution in [3.63, 3.8) is 0 Å². The van der Waals surface area contributed by atoms with E-state index in [0.29, 0.717) is 47.7 Å². The molecule has 5 aromatic rings. The predicted octanol–water partition coefficient (Wildman–Crippen LogP) is 7.67. The first-order valence-corrected chi connectivity index (χ1v) is 17.5. The van der Waals surface area contributed by atoms with E-state index in [0.717, 1.165) is 43.8 Å². The van der Waals surface area contributed by atoms with Crippen LogP contribution in [0.3, 0.4) is 0 Å². The fraction of sp³-hybridized carbons (Fsp3) is 0.250. The van der Waals surface area contributed by atoms with E-state index in [4.69, 9.17) is 32.7 Å². The number of carbonyl (C=O) groups is 4. The molecule has 0 bridgehead atoms. The first-order chi connectivity index (χ1) is 24.2. The van der Waals surface area contributed by atoms with Crippen LogP contribution in [0.1, 0.15) is 47.9 Å². The number of hydrogen-bond donors (Lipinski definition) is 0. The van der Waals surface area contributed by atoms with E-state index in [1.165, 1.54) is 13.8 Å². The Bertz CT molecular complexity index is 2050. The molecule has 0 fully saturated rings. The molecule has 5 aromatic carbocycles. The number of rotatable bonds is 8. The van der Waals surface area contributed by atoms with E-state index >= 15 is 0 Å². The maximum Gasteiger partial charge on any atom is 0.308 e. The topological polar surface area (TPSA) is 93.2 Å². The van der Waals surface area contributed by atoms with E-state index in [2.05, 4.69) is 0 Å². The van der Waals surface area contributed by atoms with Crippen molar-refractivity contribution in [1.29, 1.82) is 0 Å². The van der Waals surface area contributed by atoms with Gasteiger partial charge in [-0.1, -0.05) is 72.8 Å². The molecule has 7 rings (SSSR count). The van der Waals surface area contributed by atoms with Crippen molar-refractivity contribution in [2.75, 3.05) is 34.6 Å². The molecule has 0 saturated heterocycles. The van der Waals surface area contributed by atoms with Crippen molar-refractivity contribution in [3.8, 4) is 11.5 Å². The number of esters is 2. The Morgan fingerprint density at radius 1 is 0.600 bits per heavy atom. The fourth-order valence-corrected chi connectivity index (χ4v) is 7.92. The molecule has 2 aliphatic rings. The Hall–Kier alpha value is -4.92. The summed E-state index contributed by atoms with van der Waals surface area (Å²) >= 11 is 12.9. The average Bonchev–Trinajstić information content (AvgIpc) is 3.67. The smallest absolute Gasteiger partial charge is 0.308 e. The molecular weight excluding hydrogens is 675 g/mol. The van der Waals surface area contributed by atoms with Gasteiger partial charge in [0.05, 0.1) is 24.2 Å². The number of anilines is 2. The molecule has 2 aliphatic heterocycles. The third kappa shape index (κ3) is 6.18. The summed E-state index contributed by atoms with van der Waals surface area (Å²) in [6.07, 6.45) is 0.204. The zero-order valence-corrected chi connectivity index (χ0v) is 29.1. The van der Waals surface area contributed by atoms with Gasteiger partial charge in [0.2, 0.25) is 11.8 Å². The van der Waals surface area contributed by atoms with Crippen molar-refractivity contribution in [1.82, 2.24) is 0 Å². The van der Waals surface area contributed by atoms with Gasteiger partial charge in [-0.2, -0.15) is 0 Å². The van der Waals surface area contributed by atoms with Crippen LogP contribution in [0.2, 0.25) is 0 Å². The number of amides is 2. The highest BCUT2D eigenvalue weighted by Gasteiger charge is 2.36. The summed E-state index contributed by atoms with van der Waals surface area (Å²) in [6.45, 7) is 3.52. The Morgan fingerprint density at radius 3 is 1.38 bits per heavy atom. The Labute approximate surface area is 299 Å². The van der Waals surface area contributed by atoms with Crippen molar-refractivity contribution < 1.29 is 28.7 Å². The van der Waals surface area contributed by atoms with E-state index in [9.17, 15) is 19.2 Å². The first kappa shape index (κ1) is 33.6. The van der Waals surface area contributed by atoms with Crippen LogP contribution in [-0.2, 0) is 32.0 Å². The minimum Gasteiger partial charge on any atom is -0.426 e. The van der Waals surface area contributed by atoms with Crippen LogP contribution >= 0.6 is 23.2 Å². The zero-order chi connectivity index (χ0) is 35.1. The van der Waals surface area contributed by atoms with Crippen LogP contribution in [0.5, 0.6) is 11.5 Å². The molecule has 2 heterocycles. The molecule has 0 aromatic heterocycles. The van der Waals surface area contributed by atoms with Gasteiger partial charge in [0.1, 0.15) is 11.5 Å². The molecule has 8 nitrogen and oxygen atoms in total.